The molecule has 0 spiro atoms. The lowest BCUT2D eigenvalue weighted by atomic mass is 10.0. The molecule has 1 aromatic carbocycles. The fourth-order valence-electron chi connectivity index (χ4n) is 3.56. The summed E-state index contributed by atoms with van der Waals surface area (Å²) in [6.07, 6.45) is 10.6. The molecule has 0 aromatic heterocycles. The Labute approximate surface area is 141 Å². The number of hydrogen-bond donors (Lipinski definition) is 0. The zero-order chi connectivity index (χ0) is 16.9. The lowest BCUT2D eigenvalue weighted by molar-refractivity contribution is 0.0585. The molecule has 1 aromatic rings. The van der Waals surface area contributed by atoms with Crippen molar-refractivity contribution in [2.75, 3.05) is 26.2 Å². The molecule has 0 N–H and O–H groups in total. The zero-order valence-corrected chi connectivity index (χ0v) is 13.9. The number of allylic oxidation sites excluding steroid dienone is 1. The first-order valence-electron chi connectivity index (χ1n) is 8.81. The van der Waals surface area contributed by atoms with E-state index in [0.717, 1.165) is 38.1 Å². The summed E-state index contributed by atoms with van der Waals surface area (Å²) in [6.45, 7) is 2.52. The van der Waals surface area contributed by atoms with Crippen LogP contribution in [0.2, 0.25) is 0 Å². The minimum atomic E-state index is -0.787. The van der Waals surface area contributed by atoms with Gasteiger partial charge in [0.05, 0.1) is 0 Å². The van der Waals surface area contributed by atoms with E-state index in [1.807, 2.05) is 0 Å². The number of amides is 1. The van der Waals surface area contributed by atoms with Gasteiger partial charge in [0.25, 0.3) is 5.91 Å². The zero-order valence-electron chi connectivity index (χ0n) is 13.9. The third kappa shape index (κ3) is 3.83. The molecule has 1 unspecified atom stereocenters. The summed E-state index contributed by atoms with van der Waals surface area (Å²) in [5, 5.41) is 0. The largest absolute Gasteiger partial charge is 0.336 e. The fourth-order valence-corrected chi connectivity index (χ4v) is 3.56. The molecule has 1 saturated heterocycles. The number of carbonyl (C=O) groups excluding carboxylic acids is 1. The maximum Gasteiger partial charge on any atom is 0.259 e. The van der Waals surface area contributed by atoms with Gasteiger partial charge in [-0.15, -0.1) is 0 Å². The van der Waals surface area contributed by atoms with Gasteiger partial charge in [0, 0.05) is 32.2 Å². The second-order valence-corrected chi connectivity index (χ2v) is 6.56. The quantitative estimate of drug-likeness (QED) is 0.772. The van der Waals surface area contributed by atoms with Gasteiger partial charge in [0.2, 0.25) is 0 Å². The average Bonchev–Trinajstić information content (AvgIpc) is 2.54. The van der Waals surface area contributed by atoms with Crippen LogP contribution >= 0.6 is 0 Å². The molecule has 3 nitrogen and oxygen atoms in total. The van der Waals surface area contributed by atoms with Crippen molar-refractivity contribution in [3.8, 4) is 0 Å². The number of piperazine rings is 1. The van der Waals surface area contributed by atoms with Crippen molar-refractivity contribution < 1.29 is 13.6 Å². The van der Waals surface area contributed by atoms with Gasteiger partial charge in [-0.25, -0.2) is 8.78 Å². The summed E-state index contributed by atoms with van der Waals surface area (Å²) in [7, 11) is 0. The first kappa shape index (κ1) is 17.1. The second-order valence-electron chi connectivity index (χ2n) is 6.56. The molecule has 5 heteroatoms. The highest BCUT2D eigenvalue weighted by molar-refractivity contribution is 5.94. The van der Waals surface area contributed by atoms with E-state index in [2.05, 4.69) is 17.1 Å². The van der Waals surface area contributed by atoms with E-state index in [1.54, 1.807) is 4.90 Å². The highest BCUT2D eigenvalue weighted by atomic mass is 19.1. The lowest BCUT2D eigenvalue weighted by Gasteiger charge is -2.38. The molecule has 1 fully saturated rings. The molecular weight excluding hydrogens is 310 g/mol. The summed E-state index contributed by atoms with van der Waals surface area (Å²) < 4.78 is 27.6. The molecule has 130 valence electrons. The average molecular weight is 334 g/mol. The van der Waals surface area contributed by atoms with Crippen molar-refractivity contribution in [2.45, 2.75) is 38.1 Å². The van der Waals surface area contributed by atoms with Gasteiger partial charge in [0.1, 0.15) is 17.2 Å². The van der Waals surface area contributed by atoms with Crippen LogP contribution in [-0.2, 0) is 0 Å². The van der Waals surface area contributed by atoms with Crippen LogP contribution in [0.3, 0.4) is 0 Å². The van der Waals surface area contributed by atoms with Gasteiger partial charge in [-0.1, -0.05) is 31.1 Å². The van der Waals surface area contributed by atoms with Gasteiger partial charge in [-0.3, -0.25) is 9.69 Å². The minimum Gasteiger partial charge on any atom is -0.336 e. The van der Waals surface area contributed by atoms with E-state index >= 15 is 0 Å². The summed E-state index contributed by atoms with van der Waals surface area (Å²) in [6, 6.07) is 3.96. The van der Waals surface area contributed by atoms with Gasteiger partial charge < -0.3 is 4.90 Å². The van der Waals surface area contributed by atoms with Crippen molar-refractivity contribution in [2.24, 2.45) is 0 Å². The van der Waals surface area contributed by atoms with Crippen LogP contribution in [-0.4, -0.2) is 47.9 Å². The second kappa shape index (κ2) is 7.88. The Hall–Kier alpha value is -1.75. The number of nitrogens with zero attached hydrogens (tertiary/aromatic N) is 2. The van der Waals surface area contributed by atoms with E-state index in [1.165, 1.54) is 25.3 Å². The van der Waals surface area contributed by atoms with Crippen LogP contribution in [0, 0.1) is 11.6 Å². The molecule has 2 aliphatic rings. The molecule has 0 saturated carbocycles. The maximum absolute atomic E-state index is 13.8. The van der Waals surface area contributed by atoms with E-state index < -0.39 is 23.1 Å². The molecule has 0 bridgehead atoms. The Bertz CT molecular complexity index is 589. The smallest absolute Gasteiger partial charge is 0.259 e. The first-order chi connectivity index (χ1) is 11.7. The standard InChI is InChI=1S/C19H24F2N2O/c20-16-9-6-10-17(21)18(16)19(24)23-13-11-22(12-14-23)15-7-4-2-1-3-5-8-15/h4,6-7,9-10,15H,1-3,5,8,11-14H2/b7-4-. The summed E-state index contributed by atoms with van der Waals surface area (Å²) in [5.74, 6) is -2.12. The van der Waals surface area contributed by atoms with Gasteiger partial charge in [-0.2, -0.15) is 0 Å². The summed E-state index contributed by atoms with van der Waals surface area (Å²) in [4.78, 5) is 16.4. The fraction of sp³-hybridized carbons (Fsp3) is 0.526. The maximum atomic E-state index is 13.8. The van der Waals surface area contributed by atoms with Crippen molar-refractivity contribution in [1.29, 1.82) is 0 Å². The predicted molar refractivity (Wildman–Crippen MR) is 89.8 cm³/mol. The number of benzene rings is 1. The summed E-state index contributed by atoms with van der Waals surface area (Å²) >= 11 is 0. The molecular formula is C19H24F2N2O. The van der Waals surface area contributed by atoms with E-state index in [0.29, 0.717) is 19.1 Å². The Morgan fingerprint density at radius 3 is 2.42 bits per heavy atom. The number of carbonyl (C=O) groups is 1. The predicted octanol–water partition coefficient (Wildman–Crippen LogP) is 3.61. The minimum absolute atomic E-state index is 0.424. The van der Waals surface area contributed by atoms with E-state index in [-0.39, 0.29) is 0 Å². The number of rotatable bonds is 2. The molecule has 1 atom stereocenters. The lowest BCUT2D eigenvalue weighted by Crippen LogP contribution is -2.51. The van der Waals surface area contributed by atoms with Crippen LogP contribution in [0.4, 0.5) is 8.78 Å². The molecule has 0 radical (unpaired) electrons. The van der Waals surface area contributed by atoms with Crippen LogP contribution in [0.1, 0.15) is 42.5 Å². The third-order valence-electron chi connectivity index (χ3n) is 4.98. The van der Waals surface area contributed by atoms with Crippen LogP contribution in [0.15, 0.2) is 30.4 Å². The highest BCUT2D eigenvalue weighted by Gasteiger charge is 2.28. The first-order valence-corrected chi connectivity index (χ1v) is 8.81. The van der Waals surface area contributed by atoms with Gasteiger partial charge in [-0.05, 0) is 31.4 Å². The van der Waals surface area contributed by atoms with Crippen molar-refractivity contribution in [3.05, 3.63) is 47.5 Å². The SMILES string of the molecule is O=C(c1c(F)cccc1F)N1CCN(C2/C=C\CCCCC2)CC1. The van der Waals surface area contributed by atoms with Crippen molar-refractivity contribution in [1.82, 2.24) is 9.80 Å². The molecule has 24 heavy (non-hydrogen) atoms. The van der Waals surface area contributed by atoms with Gasteiger partial charge in [0.15, 0.2) is 0 Å². The normalized spacial score (nSPS) is 24.2. The van der Waals surface area contributed by atoms with Crippen LogP contribution < -0.4 is 0 Å². The molecule has 1 aliphatic carbocycles. The number of halogens is 2. The highest BCUT2D eigenvalue weighted by Crippen LogP contribution is 2.20. The van der Waals surface area contributed by atoms with Crippen LogP contribution in [0.25, 0.3) is 0 Å². The van der Waals surface area contributed by atoms with Crippen molar-refractivity contribution >= 4 is 5.91 Å². The Morgan fingerprint density at radius 1 is 1.00 bits per heavy atom. The Kier molecular flexibility index (Phi) is 5.61. The topological polar surface area (TPSA) is 23.6 Å². The number of hydrogen-bond acceptors (Lipinski definition) is 2. The Morgan fingerprint density at radius 2 is 1.71 bits per heavy atom. The molecule has 1 aliphatic heterocycles. The third-order valence-corrected chi connectivity index (χ3v) is 4.98. The molecule has 3 rings (SSSR count). The monoisotopic (exact) mass is 334 g/mol. The van der Waals surface area contributed by atoms with Crippen LogP contribution in [0.5, 0.6) is 0 Å². The van der Waals surface area contributed by atoms with E-state index in [4.69, 9.17) is 0 Å². The summed E-state index contributed by atoms with van der Waals surface area (Å²) in [5.41, 5.74) is -0.434. The van der Waals surface area contributed by atoms with E-state index in [9.17, 15) is 13.6 Å². The molecule has 1 heterocycles. The van der Waals surface area contributed by atoms with Crippen molar-refractivity contribution in [3.63, 3.8) is 0 Å². The Balaban J connectivity index is 1.62. The van der Waals surface area contributed by atoms with Gasteiger partial charge >= 0.3 is 0 Å². The molecule has 1 amide bonds.